The van der Waals surface area contributed by atoms with E-state index in [9.17, 15) is 9.90 Å². The molecule has 0 saturated carbocycles. The first-order chi connectivity index (χ1) is 15.0. The molecule has 31 heavy (non-hydrogen) atoms. The molecule has 1 fully saturated rings. The number of nitrogens with one attached hydrogen (secondary N) is 1. The minimum atomic E-state index is -0.451. The average Bonchev–Trinajstić information content (AvgIpc) is 3.15. The van der Waals surface area contributed by atoms with Crippen molar-refractivity contribution in [1.29, 1.82) is 0 Å². The van der Waals surface area contributed by atoms with E-state index in [1.54, 1.807) is 7.11 Å². The Balaban J connectivity index is 1.40. The molecule has 2 aromatic carbocycles. The number of anilines is 1. The molecule has 2 aromatic rings. The Labute approximate surface area is 182 Å². The fraction of sp³-hybridized carbons (Fsp3) is 0.458. The van der Waals surface area contributed by atoms with E-state index in [-0.39, 0.29) is 37.1 Å². The molecule has 1 amide bonds. The first-order valence-corrected chi connectivity index (χ1v) is 10.6. The summed E-state index contributed by atoms with van der Waals surface area (Å²) in [4.78, 5) is 14.6. The third-order valence-corrected chi connectivity index (χ3v) is 6.06. The van der Waals surface area contributed by atoms with Gasteiger partial charge in [0.2, 0.25) is 5.91 Å². The van der Waals surface area contributed by atoms with Crippen LogP contribution < -0.4 is 19.7 Å². The second-order valence-electron chi connectivity index (χ2n) is 8.35. The Bertz CT molecular complexity index is 915. The van der Waals surface area contributed by atoms with Crippen LogP contribution in [0.25, 0.3) is 0 Å². The minimum absolute atomic E-state index is 0.0721. The minimum Gasteiger partial charge on any atom is -0.497 e. The second-order valence-corrected chi connectivity index (χ2v) is 8.35. The highest BCUT2D eigenvalue weighted by molar-refractivity contribution is 5.76. The van der Waals surface area contributed by atoms with Crippen molar-refractivity contribution in [3.8, 4) is 11.5 Å². The lowest BCUT2D eigenvalue weighted by Crippen LogP contribution is -2.47. The molecule has 0 radical (unpaired) electrons. The quantitative estimate of drug-likeness (QED) is 0.708. The number of amides is 1. The summed E-state index contributed by atoms with van der Waals surface area (Å²) in [7, 11) is 5.64. The van der Waals surface area contributed by atoms with E-state index in [1.165, 1.54) is 0 Å². The number of methoxy groups -OCH3 is 1. The van der Waals surface area contributed by atoms with Crippen molar-refractivity contribution in [2.45, 2.75) is 43.6 Å². The summed E-state index contributed by atoms with van der Waals surface area (Å²) in [6.07, 6.45) is -0.0178. The number of carbonyl (C=O) groups excluding carboxylic acids is 1. The van der Waals surface area contributed by atoms with Crippen LogP contribution in [0, 0.1) is 0 Å². The predicted octanol–water partition coefficient (Wildman–Crippen LogP) is 2.46. The van der Waals surface area contributed by atoms with Crippen LogP contribution >= 0.6 is 0 Å². The summed E-state index contributed by atoms with van der Waals surface area (Å²) < 4.78 is 17.3. The zero-order valence-corrected chi connectivity index (χ0v) is 18.2. The lowest BCUT2D eigenvalue weighted by atomic mass is 9.84. The summed E-state index contributed by atoms with van der Waals surface area (Å²) in [6.45, 7) is 0.308. The van der Waals surface area contributed by atoms with E-state index in [0.717, 1.165) is 28.3 Å². The highest BCUT2D eigenvalue weighted by Gasteiger charge is 2.46. The molecule has 4 atom stereocenters. The smallest absolute Gasteiger partial charge is 0.222 e. The van der Waals surface area contributed by atoms with Gasteiger partial charge < -0.3 is 29.5 Å². The van der Waals surface area contributed by atoms with Gasteiger partial charge in [-0.2, -0.15) is 0 Å². The molecule has 166 valence electrons. The van der Waals surface area contributed by atoms with Gasteiger partial charge in [-0.25, -0.2) is 0 Å². The van der Waals surface area contributed by atoms with Crippen molar-refractivity contribution in [1.82, 2.24) is 5.32 Å². The fourth-order valence-corrected chi connectivity index (χ4v) is 4.38. The third-order valence-electron chi connectivity index (χ3n) is 6.06. The van der Waals surface area contributed by atoms with Gasteiger partial charge in [0, 0.05) is 37.8 Å². The van der Waals surface area contributed by atoms with Crippen molar-refractivity contribution in [2.24, 2.45) is 0 Å². The van der Waals surface area contributed by atoms with Crippen molar-refractivity contribution >= 4 is 11.6 Å². The van der Waals surface area contributed by atoms with Crippen molar-refractivity contribution in [3.05, 3.63) is 53.6 Å². The van der Waals surface area contributed by atoms with Crippen LogP contribution in [0.1, 0.15) is 29.9 Å². The van der Waals surface area contributed by atoms with Gasteiger partial charge in [-0.05, 0) is 42.3 Å². The maximum Gasteiger partial charge on any atom is 0.222 e. The highest BCUT2D eigenvalue weighted by Crippen LogP contribution is 2.47. The second kappa shape index (κ2) is 9.16. The number of carbonyl (C=O) groups is 1. The molecule has 0 aliphatic carbocycles. The molecule has 7 heteroatoms. The zero-order chi connectivity index (χ0) is 22.0. The molecule has 0 unspecified atom stereocenters. The van der Waals surface area contributed by atoms with Crippen LogP contribution in [0.3, 0.4) is 0 Å². The molecule has 1 saturated heterocycles. The molecule has 2 aliphatic rings. The Hall–Kier alpha value is -2.77. The number of hydrogen-bond acceptors (Lipinski definition) is 6. The summed E-state index contributed by atoms with van der Waals surface area (Å²) in [5.74, 6) is 1.65. The predicted molar refractivity (Wildman–Crippen MR) is 118 cm³/mol. The van der Waals surface area contributed by atoms with Gasteiger partial charge in [-0.3, -0.25) is 4.79 Å². The SMILES string of the molecule is COc1ccc(CNC(=O)C[C@H]2C[C@H]3c4cc(N(C)C)ccc4O[C@H]3[C@H](CO)O2)cc1. The first kappa shape index (κ1) is 21.5. The molecular weight excluding hydrogens is 396 g/mol. The molecule has 2 heterocycles. The number of rotatable bonds is 7. The summed E-state index contributed by atoms with van der Waals surface area (Å²) in [5, 5.41) is 12.8. The molecule has 4 rings (SSSR count). The van der Waals surface area contributed by atoms with Crippen LogP contribution in [0.15, 0.2) is 42.5 Å². The van der Waals surface area contributed by atoms with Gasteiger partial charge in [-0.1, -0.05) is 12.1 Å². The first-order valence-electron chi connectivity index (χ1n) is 10.6. The Morgan fingerprint density at radius 2 is 2.00 bits per heavy atom. The van der Waals surface area contributed by atoms with Crippen LogP contribution in [0.4, 0.5) is 5.69 Å². The Kier molecular flexibility index (Phi) is 6.34. The normalized spacial score (nSPS) is 24.0. The van der Waals surface area contributed by atoms with Gasteiger partial charge in [0.05, 0.1) is 26.2 Å². The van der Waals surface area contributed by atoms with E-state index in [0.29, 0.717) is 13.0 Å². The van der Waals surface area contributed by atoms with E-state index in [2.05, 4.69) is 16.3 Å². The van der Waals surface area contributed by atoms with Gasteiger partial charge in [0.15, 0.2) is 0 Å². The zero-order valence-electron chi connectivity index (χ0n) is 18.2. The molecule has 0 spiro atoms. The number of ether oxygens (including phenoxy) is 3. The van der Waals surface area contributed by atoms with Gasteiger partial charge in [-0.15, -0.1) is 0 Å². The topological polar surface area (TPSA) is 80.3 Å². The highest BCUT2D eigenvalue weighted by atomic mass is 16.6. The molecule has 2 aliphatic heterocycles. The molecule has 0 bridgehead atoms. The summed E-state index contributed by atoms with van der Waals surface area (Å²) in [5.41, 5.74) is 3.23. The van der Waals surface area contributed by atoms with Crippen LogP contribution in [-0.4, -0.2) is 57.1 Å². The number of aliphatic hydroxyl groups is 1. The maximum atomic E-state index is 12.6. The van der Waals surface area contributed by atoms with Crippen molar-refractivity contribution < 1.29 is 24.1 Å². The Morgan fingerprint density at radius 3 is 2.68 bits per heavy atom. The van der Waals surface area contributed by atoms with E-state index >= 15 is 0 Å². The number of benzene rings is 2. The standard InChI is InChI=1S/C24H30N2O5/c1-26(2)16-6-9-21-19(10-16)20-11-18(30-22(14-27)24(20)31-21)12-23(28)25-13-15-4-7-17(29-3)8-5-15/h4-10,18,20,22,24,27H,11-14H2,1-3H3,(H,25,28)/t18-,20+,22+,24-/m1/s1. The molecular formula is C24H30N2O5. The average molecular weight is 427 g/mol. The summed E-state index contributed by atoms with van der Waals surface area (Å²) in [6, 6.07) is 13.7. The lowest BCUT2D eigenvalue weighted by Gasteiger charge is -2.37. The van der Waals surface area contributed by atoms with Crippen LogP contribution in [0.2, 0.25) is 0 Å². The number of nitrogens with zero attached hydrogens (tertiary/aromatic N) is 1. The van der Waals surface area contributed by atoms with Gasteiger partial charge >= 0.3 is 0 Å². The van der Waals surface area contributed by atoms with Gasteiger partial charge in [0.25, 0.3) is 0 Å². The molecule has 0 aromatic heterocycles. The lowest BCUT2D eigenvalue weighted by molar-refractivity contribution is -0.142. The van der Waals surface area contributed by atoms with Crippen molar-refractivity contribution in [2.75, 3.05) is 32.7 Å². The van der Waals surface area contributed by atoms with Crippen molar-refractivity contribution in [3.63, 3.8) is 0 Å². The van der Waals surface area contributed by atoms with E-state index in [1.807, 2.05) is 50.5 Å². The number of aliphatic hydroxyl groups excluding tert-OH is 1. The van der Waals surface area contributed by atoms with Crippen LogP contribution in [-0.2, 0) is 16.1 Å². The van der Waals surface area contributed by atoms with Gasteiger partial charge in [0.1, 0.15) is 23.7 Å². The third kappa shape index (κ3) is 4.62. The maximum absolute atomic E-state index is 12.6. The Morgan fingerprint density at radius 1 is 1.23 bits per heavy atom. The number of hydrogen-bond donors (Lipinski definition) is 2. The van der Waals surface area contributed by atoms with E-state index in [4.69, 9.17) is 14.2 Å². The molecule has 7 nitrogen and oxygen atoms in total. The fourth-order valence-electron chi connectivity index (χ4n) is 4.38. The summed E-state index contributed by atoms with van der Waals surface area (Å²) >= 11 is 0. The van der Waals surface area contributed by atoms with E-state index < -0.39 is 6.10 Å². The molecule has 2 N–H and O–H groups in total. The van der Waals surface area contributed by atoms with Crippen LogP contribution in [0.5, 0.6) is 11.5 Å². The number of fused-ring (bicyclic) bond motifs is 3. The largest absolute Gasteiger partial charge is 0.497 e. The monoisotopic (exact) mass is 426 g/mol.